The molecule has 0 aliphatic heterocycles. The normalized spacial score (nSPS) is 10.2. The SMILES string of the molecule is O=C(Nc1nc(Cl)ccc1[N+](=O)[O-])c1ccc(Cl)o1. The van der Waals surface area contributed by atoms with Gasteiger partial charge >= 0.3 is 5.69 Å². The lowest BCUT2D eigenvalue weighted by Crippen LogP contribution is -2.13. The number of pyridine rings is 1. The Bertz CT molecular complexity index is 656. The van der Waals surface area contributed by atoms with Crippen molar-refractivity contribution in [3.05, 3.63) is 50.5 Å². The topological polar surface area (TPSA) is 98.3 Å². The van der Waals surface area contributed by atoms with Gasteiger partial charge in [-0.25, -0.2) is 4.98 Å². The molecule has 2 aromatic heterocycles. The number of carbonyl (C=O) groups excluding carboxylic acids is 1. The Kier molecular flexibility index (Phi) is 3.68. The summed E-state index contributed by atoms with van der Waals surface area (Å²) in [6.45, 7) is 0. The summed E-state index contributed by atoms with van der Waals surface area (Å²) in [5.41, 5.74) is -0.379. The first-order chi connectivity index (χ1) is 8.97. The van der Waals surface area contributed by atoms with Crippen molar-refractivity contribution >= 4 is 40.6 Å². The summed E-state index contributed by atoms with van der Waals surface area (Å²) in [5, 5.41) is 13.1. The van der Waals surface area contributed by atoms with Gasteiger partial charge in [-0.1, -0.05) is 11.6 Å². The second-order valence-electron chi connectivity index (χ2n) is 3.32. The van der Waals surface area contributed by atoms with Gasteiger partial charge in [0.25, 0.3) is 5.91 Å². The van der Waals surface area contributed by atoms with Crippen LogP contribution < -0.4 is 5.32 Å². The zero-order valence-electron chi connectivity index (χ0n) is 9.09. The Morgan fingerprint density at radius 1 is 1.32 bits per heavy atom. The second-order valence-corrected chi connectivity index (χ2v) is 4.08. The summed E-state index contributed by atoms with van der Waals surface area (Å²) in [5.74, 6) is -1.08. The third kappa shape index (κ3) is 3.01. The van der Waals surface area contributed by atoms with Crippen molar-refractivity contribution in [1.82, 2.24) is 4.98 Å². The van der Waals surface area contributed by atoms with Crippen LogP contribution in [0.5, 0.6) is 0 Å². The molecule has 2 aromatic rings. The number of nitro groups is 1. The van der Waals surface area contributed by atoms with E-state index in [0.717, 1.165) is 6.07 Å². The number of anilines is 1. The molecular weight excluding hydrogens is 297 g/mol. The van der Waals surface area contributed by atoms with Crippen molar-refractivity contribution in [3.8, 4) is 0 Å². The number of amides is 1. The minimum atomic E-state index is -0.718. The summed E-state index contributed by atoms with van der Waals surface area (Å²) >= 11 is 11.1. The van der Waals surface area contributed by atoms with E-state index in [4.69, 9.17) is 27.6 Å². The van der Waals surface area contributed by atoms with Crippen LogP contribution in [0.15, 0.2) is 28.7 Å². The molecule has 0 radical (unpaired) electrons. The first kappa shape index (κ1) is 13.3. The third-order valence-electron chi connectivity index (χ3n) is 2.07. The molecule has 2 rings (SSSR count). The molecule has 7 nitrogen and oxygen atoms in total. The molecule has 0 aliphatic carbocycles. The summed E-state index contributed by atoms with van der Waals surface area (Å²) < 4.78 is 4.87. The molecule has 0 aromatic carbocycles. The highest BCUT2D eigenvalue weighted by Gasteiger charge is 2.20. The fraction of sp³-hybridized carbons (Fsp3) is 0. The van der Waals surface area contributed by atoms with Crippen molar-refractivity contribution in [2.45, 2.75) is 0 Å². The maximum Gasteiger partial charge on any atom is 0.311 e. The largest absolute Gasteiger partial charge is 0.440 e. The molecule has 19 heavy (non-hydrogen) atoms. The molecule has 0 unspecified atom stereocenters. The highest BCUT2D eigenvalue weighted by atomic mass is 35.5. The zero-order valence-corrected chi connectivity index (χ0v) is 10.6. The fourth-order valence-electron chi connectivity index (χ4n) is 1.27. The number of furan rings is 1. The van der Waals surface area contributed by atoms with Crippen LogP contribution in [0.4, 0.5) is 11.5 Å². The molecule has 1 N–H and O–H groups in total. The van der Waals surface area contributed by atoms with Gasteiger partial charge in [0.2, 0.25) is 5.82 Å². The van der Waals surface area contributed by atoms with Gasteiger partial charge in [0.05, 0.1) is 4.92 Å². The molecule has 1 amide bonds. The average molecular weight is 302 g/mol. The Labute approximate surface area is 116 Å². The van der Waals surface area contributed by atoms with Crippen LogP contribution in [0, 0.1) is 10.1 Å². The molecule has 0 atom stereocenters. The maximum absolute atomic E-state index is 11.7. The van der Waals surface area contributed by atoms with E-state index in [0.29, 0.717) is 0 Å². The van der Waals surface area contributed by atoms with Crippen molar-refractivity contribution in [3.63, 3.8) is 0 Å². The van der Waals surface area contributed by atoms with Gasteiger partial charge in [0.15, 0.2) is 11.0 Å². The first-order valence-corrected chi connectivity index (χ1v) is 5.60. The van der Waals surface area contributed by atoms with Gasteiger partial charge in [0, 0.05) is 6.07 Å². The summed E-state index contributed by atoms with van der Waals surface area (Å²) in [6, 6.07) is 5.09. The number of hydrogen-bond donors (Lipinski definition) is 1. The van der Waals surface area contributed by atoms with Gasteiger partial charge < -0.3 is 4.42 Å². The lowest BCUT2D eigenvalue weighted by atomic mass is 10.3. The number of aromatic nitrogens is 1. The van der Waals surface area contributed by atoms with Gasteiger partial charge in [-0.2, -0.15) is 0 Å². The van der Waals surface area contributed by atoms with Crippen LogP contribution in [-0.2, 0) is 0 Å². The van der Waals surface area contributed by atoms with E-state index < -0.39 is 10.8 Å². The second kappa shape index (κ2) is 5.25. The number of nitrogens with one attached hydrogen (secondary N) is 1. The van der Waals surface area contributed by atoms with Crippen molar-refractivity contribution in [2.75, 3.05) is 5.32 Å². The number of hydrogen-bond acceptors (Lipinski definition) is 5. The average Bonchev–Trinajstić information content (AvgIpc) is 2.75. The van der Waals surface area contributed by atoms with E-state index >= 15 is 0 Å². The van der Waals surface area contributed by atoms with E-state index in [2.05, 4.69) is 10.3 Å². The molecule has 0 saturated carbocycles. The fourth-order valence-corrected chi connectivity index (χ4v) is 1.57. The Morgan fingerprint density at radius 3 is 2.63 bits per heavy atom. The molecule has 0 aliphatic rings. The van der Waals surface area contributed by atoms with Crippen LogP contribution >= 0.6 is 23.2 Å². The minimum absolute atomic E-state index is 0.0124. The highest BCUT2D eigenvalue weighted by Crippen LogP contribution is 2.24. The Hall–Kier alpha value is -2.12. The monoisotopic (exact) mass is 301 g/mol. The molecule has 0 fully saturated rings. The summed E-state index contributed by atoms with van der Waals surface area (Å²) in [7, 11) is 0. The third-order valence-corrected chi connectivity index (χ3v) is 2.48. The van der Waals surface area contributed by atoms with Crippen LogP contribution in [0.25, 0.3) is 0 Å². The molecule has 9 heteroatoms. The van der Waals surface area contributed by atoms with Gasteiger partial charge in [-0.15, -0.1) is 0 Å². The van der Waals surface area contributed by atoms with Crippen LogP contribution in [0.1, 0.15) is 10.6 Å². The molecule has 0 bridgehead atoms. The lowest BCUT2D eigenvalue weighted by molar-refractivity contribution is -0.384. The van der Waals surface area contributed by atoms with Gasteiger partial charge in [-0.05, 0) is 29.8 Å². The maximum atomic E-state index is 11.7. The number of halogens is 2. The Morgan fingerprint density at radius 2 is 2.05 bits per heavy atom. The van der Waals surface area contributed by atoms with E-state index in [1.54, 1.807) is 0 Å². The predicted octanol–water partition coefficient (Wildman–Crippen LogP) is 3.14. The quantitative estimate of drug-likeness (QED) is 0.533. The van der Waals surface area contributed by atoms with Gasteiger partial charge in [-0.3, -0.25) is 20.2 Å². The van der Waals surface area contributed by atoms with Crippen molar-refractivity contribution in [1.29, 1.82) is 0 Å². The first-order valence-electron chi connectivity index (χ1n) is 4.85. The molecule has 2 heterocycles. The molecule has 98 valence electrons. The van der Waals surface area contributed by atoms with Crippen LogP contribution in [-0.4, -0.2) is 15.8 Å². The van der Waals surface area contributed by atoms with Crippen LogP contribution in [0.2, 0.25) is 10.4 Å². The minimum Gasteiger partial charge on any atom is -0.440 e. The molecule has 0 saturated heterocycles. The van der Waals surface area contributed by atoms with E-state index in [1.807, 2.05) is 0 Å². The van der Waals surface area contributed by atoms with Crippen molar-refractivity contribution in [2.24, 2.45) is 0 Å². The summed E-state index contributed by atoms with van der Waals surface area (Å²) in [4.78, 5) is 25.5. The summed E-state index contributed by atoms with van der Waals surface area (Å²) in [6.07, 6.45) is 0. The Balaban J connectivity index is 2.30. The number of carbonyl (C=O) groups is 1. The van der Waals surface area contributed by atoms with Crippen molar-refractivity contribution < 1.29 is 14.1 Å². The smallest absolute Gasteiger partial charge is 0.311 e. The lowest BCUT2D eigenvalue weighted by Gasteiger charge is -2.03. The van der Waals surface area contributed by atoms with E-state index in [-0.39, 0.29) is 27.6 Å². The molecular formula is C10H5Cl2N3O4. The number of nitrogens with zero attached hydrogens (tertiary/aromatic N) is 2. The predicted molar refractivity (Wildman–Crippen MR) is 67.6 cm³/mol. The standard InChI is InChI=1S/C10H5Cl2N3O4/c11-7-3-1-5(15(17)18)9(13-7)14-10(16)6-2-4-8(12)19-6/h1-4H,(H,13,14,16). The molecule has 0 spiro atoms. The zero-order chi connectivity index (χ0) is 14.0. The van der Waals surface area contributed by atoms with Crippen LogP contribution in [0.3, 0.4) is 0 Å². The van der Waals surface area contributed by atoms with Gasteiger partial charge in [0.1, 0.15) is 5.15 Å². The van der Waals surface area contributed by atoms with E-state index in [9.17, 15) is 14.9 Å². The highest BCUT2D eigenvalue weighted by molar-refractivity contribution is 6.29. The number of rotatable bonds is 3. The van der Waals surface area contributed by atoms with E-state index in [1.165, 1.54) is 18.2 Å².